The largest absolute Gasteiger partial charge is 0.573 e. The molecule has 0 fully saturated rings. The highest BCUT2D eigenvalue weighted by molar-refractivity contribution is 5.88. The number of benzene rings is 2. The summed E-state index contributed by atoms with van der Waals surface area (Å²) in [5.74, 6) is -0.732. The minimum atomic E-state index is -4.93. The Hall–Kier alpha value is -3.36. The number of H-pyrrole nitrogens is 1. The number of aromatic nitrogens is 1. The van der Waals surface area contributed by atoms with Crippen LogP contribution in [0.4, 0.5) is 13.2 Å². The number of rotatable bonds is 4. The zero-order chi connectivity index (χ0) is 19.8. The van der Waals surface area contributed by atoms with Gasteiger partial charge in [-0.2, -0.15) is 0 Å². The predicted octanol–water partition coefficient (Wildman–Crippen LogP) is 3.82. The summed E-state index contributed by atoms with van der Waals surface area (Å²) in [7, 11) is 2.78. The van der Waals surface area contributed by atoms with Crippen LogP contribution in [0.3, 0.4) is 0 Å². The third-order valence-corrected chi connectivity index (χ3v) is 3.86. The molecule has 0 saturated carbocycles. The van der Waals surface area contributed by atoms with Crippen molar-refractivity contribution in [3.05, 3.63) is 46.6 Å². The maximum atomic E-state index is 12.7. The van der Waals surface area contributed by atoms with E-state index in [9.17, 15) is 23.1 Å². The Balaban J connectivity index is 2.28. The van der Waals surface area contributed by atoms with Crippen LogP contribution in [-0.4, -0.2) is 30.7 Å². The molecule has 0 unspecified atom stereocenters. The molecular formula is C18H14F3NO5. The van der Waals surface area contributed by atoms with Crippen LogP contribution in [0, 0.1) is 0 Å². The molecule has 3 aromatic rings. The lowest BCUT2D eigenvalue weighted by molar-refractivity contribution is -0.274. The van der Waals surface area contributed by atoms with E-state index < -0.39 is 23.3 Å². The fraction of sp³-hybridized carbons (Fsp3) is 0.167. The average Bonchev–Trinajstić information content (AvgIpc) is 2.63. The van der Waals surface area contributed by atoms with Crippen molar-refractivity contribution in [3.63, 3.8) is 0 Å². The number of methoxy groups -OCH3 is 2. The van der Waals surface area contributed by atoms with E-state index in [0.29, 0.717) is 5.75 Å². The van der Waals surface area contributed by atoms with Gasteiger partial charge in [-0.05, 0) is 18.2 Å². The molecule has 6 nitrogen and oxygen atoms in total. The number of para-hydroxylation sites is 1. The first-order valence-corrected chi connectivity index (χ1v) is 7.61. The quantitative estimate of drug-likeness (QED) is 0.718. The number of hydrogen-bond donors (Lipinski definition) is 2. The molecule has 9 heteroatoms. The molecule has 0 atom stereocenters. The van der Waals surface area contributed by atoms with Crippen LogP contribution >= 0.6 is 0 Å². The molecule has 1 aromatic heterocycles. The van der Waals surface area contributed by atoms with Crippen molar-refractivity contribution in [2.24, 2.45) is 0 Å². The minimum Gasteiger partial charge on any atom is -0.503 e. The highest BCUT2D eigenvalue weighted by atomic mass is 19.4. The molecule has 0 amide bonds. The Bertz CT molecular complexity index is 1060. The van der Waals surface area contributed by atoms with Gasteiger partial charge in [0.25, 0.3) is 0 Å². The second kappa shape index (κ2) is 6.75. The second-order valence-corrected chi connectivity index (χ2v) is 5.47. The molecule has 0 saturated heterocycles. The minimum absolute atomic E-state index is 0.0862. The van der Waals surface area contributed by atoms with Gasteiger partial charge < -0.3 is 24.3 Å². The summed E-state index contributed by atoms with van der Waals surface area (Å²) in [6, 6.07) is 7.99. The van der Waals surface area contributed by atoms with Crippen molar-refractivity contribution in [2.45, 2.75) is 6.36 Å². The molecule has 0 radical (unpaired) electrons. The van der Waals surface area contributed by atoms with Gasteiger partial charge in [0.1, 0.15) is 5.75 Å². The molecule has 0 aliphatic heterocycles. The molecule has 142 valence electrons. The van der Waals surface area contributed by atoms with Crippen molar-refractivity contribution in [1.29, 1.82) is 0 Å². The third-order valence-electron chi connectivity index (χ3n) is 3.86. The van der Waals surface area contributed by atoms with E-state index >= 15 is 0 Å². The molecular weight excluding hydrogens is 367 g/mol. The molecule has 0 spiro atoms. The number of ether oxygens (including phenoxy) is 3. The Kier molecular flexibility index (Phi) is 4.61. The average molecular weight is 381 g/mol. The van der Waals surface area contributed by atoms with E-state index in [1.807, 2.05) is 0 Å². The van der Waals surface area contributed by atoms with Crippen molar-refractivity contribution in [2.75, 3.05) is 14.2 Å². The van der Waals surface area contributed by atoms with Crippen molar-refractivity contribution in [3.8, 4) is 34.3 Å². The molecule has 0 bridgehead atoms. The highest BCUT2D eigenvalue weighted by Crippen LogP contribution is 2.38. The zero-order valence-electron chi connectivity index (χ0n) is 14.2. The number of fused-ring (bicyclic) bond motifs is 1. The summed E-state index contributed by atoms with van der Waals surface area (Å²) in [5, 5.41) is 10.4. The van der Waals surface area contributed by atoms with Crippen molar-refractivity contribution in [1.82, 2.24) is 4.98 Å². The van der Waals surface area contributed by atoms with Crippen LogP contribution in [0.5, 0.6) is 23.0 Å². The molecule has 3 rings (SSSR count). The smallest absolute Gasteiger partial charge is 0.503 e. The van der Waals surface area contributed by atoms with E-state index in [2.05, 4.69) is 9.72 Å². The number of hydrogen-bond acceptors (Lipinski definition) is 5. The molecule has 2 aromatic carbocycles. The van der Waals surface area contributed by atoms with E-state index in [0.717, 1.165) is 6.07 Å². The monoisotopic (exact) mass is 381 g/mol. The molecule has 2 N–H and O–H groups in total. The summed E-state index contributed by atoms with van der Waals surface area (Å²) >= 11 is 0. The summed E-state index contributed by atoms with van der Waals surface area (Å²) in [6.45, 7) is 0. The molecule has 1 heterocycles. The van der Waals surface area contributed by atoms with Crippen LogP contribution in [0.2, 0.25) is 0 Å². The first-order chi connectivity index (χ1) is 12.7. The number of alkyl halides is 3. The lowest BCUT2D eigenvalue weighted by Crippen LogP contribution is -2.18. The summed E-state index contributed by atoms with van der Waals surface area (Å²) in [4.78, 5) is 15.3. The summed E-state index contributed by atoms with van der Waals surface area (Å²) < 4.78 is 52.3. The van der Waals surface area contributed by atoms with Crippen molar-refractivity contribution >= 4 is 10.9 Å². The van der Waals surface area contributed by atoms with Gasteiger partial charge in [-0.25, -0.2) is 0 Å². The number of aromatic hydroxyl groups is 1. The van der Waals surface area contributed by atoms with Crippen LogP contribution in [-0.2, 0) is 0 Å². The van der Waals surface area contributed by atoms with Crippen LogP contribution in [0.25, 0.3) is 22.2 Å². The normalized spacial score (nSPS) is 11.4. The lowest BCUT2D eigenvalue weighted by Gasteiger charge is -2.15. The highest BCUT2D eigenvalue weighted by Gasteiger charge is 2.32. The summed E-state index contributed by atoms with van der Waals surface area (Å²) in [6.07, 6.45) is -4.93. The van der Waals surface area contributed by atoms with Crippen LogP contribution in [0.1, 0.15) is 0 Å². The fourth-order valence-corrected chi connectivity index (χ4v) is 2.69. The molecule has 0 aliphatic rings. The van der Waals surface area contributed by atoms with Gasteiger partial charge in [0.15, 0.2) is 17.2 Å². The fourth-order valence-electron chi connectivity index (χ4n) is 2.69. The number of pyridine rings is 1. The Morgan fingerprint density at radius 1 is 1.00 bits per heavy atom. The SMILES string of the molecule is COc1cc2[nH]c(-c3ccccc3OC(F)(F)F)c(O)c(=O)c2cc1OC. The lowest BCUT2D eigenvalue weighted by atomic mass is 10.1. The predicted molar refractivity (Wildman–Crippen MR) is 91.5 cm³/mol. The topological polar surface area (TPSA) is 80.8 Å². The van der Waals surface area contributed by atoms with Gasteiger partial charge in [-0.1, -0.05) is 12.1 Å². The number of aromatic amines is 1. The number of nitrogens with one attached hydrogen (secondary N) is 1. The van der Waals surface area contributed by atoms with E-state index in [1.165, 1.54) is 44.6 Å². The van der Waals surface area contributed by atoms with Gasteiger partial charge in [0.2, 0.25) is 5.43 Å². The summed E-state index contributed by atoms with van der Waals surface area (Å²) in [5.41, 5.74) is -0.866. The number of halogens is 3. The first kappa shape index (κ1) is 18.4. The van der Waals surface area contributed by atoms with Crippen LogP contribution in [0.15, 0.2) is 41.2 Å². The third kappa shape index (κ3) is 3.48. The van der Waals surface area contributed by atoms with Gasteiger partial charge >= 0.3 is 6.36 Å². The van der Waals surface area contributed by atoms with Crippen LogP contribution < -0.4 is 19.6 Å². The van der Waals surface area contributed by atoms with Crippen molar-refractivity contribution < 1.29 is 32.5 Å². The second-order valence-electron chi connectivity index (χ2n) is 5.47. The van der Waals surface area contributed by atoms with Gasteiger partial charge in [-0.15, -0.1) is 13.2 Å². The maximum absolute atomic E-state index is 12.7. The zero-order valence-corrected chi connectivity index (χ0v) is 14.2. The van der Waals surface area contributed by atoms with Gasteiger partial charge in [0, 0.05) is 11.6 Å². The first-order valence-electron chi connectivity index (χ1n) is 7.61. The van der Waals surface area contributed by atoms with E-state index in [4.69, 9.17) is 9.47 Å². The Morgan fingerprint density at radius 3 is 2.26 bits per heavy atom. The Morgan fingerprint density at radius 2 is 1.63 bits per heavy atom. The van der Waals surface area contributed by atoms with Gasteiger partial charge in [-0.3, -0.25) is 4.79 Å². The molecule has 27 heavy (non-hydrogen) atoms. The molecule has 0 aliphatic carbocycles. The van der Waals surface area contributed by atoms with Gasteiger partial charge in [0.05, 0.1) is 30.8 Å². The maximum Gasteiger partial charge on any atom is 0.573 e. The standard InChI is InChI=1S/C18H14F3NO5/c1-25-13-7-10-11(8-14(13)26-2)22-15(17(24)16(10)23)9-5-3-4-6-12(9)27-18(19,20)21/h3-8,24H,1-2H3,(H,22,23). The Labute approximate surface area is 150 Å². The van der Waals surface area contributed by atoms with E-state index in [-0.39, 0.29) is 27.9 Å². The van der Waals surface area contributed by atoms with E-state index in [1.54, 1.807) is 0 Å².